The number of ether oxygens (including phenoxy) is 3. The molecule has 1 aliphatic rings. The highest BCUT2D eigenvalue weighted by molar-refractivity contribution is 7.99. The van der Waals surface area contributed by atoms with E-state index >= 15 is 0 Å². The van der Waals surface area contributed by atoms with Crippen molar-refractivity contribution in [2.45, 2.75) is 17.8 Å². The second-order valence-electron chi connectivity index (χ2n) is 7.01. The fourth-order valence-electron chi connectivity index (χ4n) is 3.38. The van der Waals surface area contributed by atoms with Crippen molar-refractivity contribution in [3.8, 4) is 28.6 Å². The number of methoxy groups -OCH3 is 1. The fraction of sp³-hybridized carbons (Fsp3) is 0.217. The van der Waals surface area contributed by atoms with E-state index in [1.54, 1.807) is 25.1 Å². The SMILES string of the molecule is COc1cccc(-c2nnc(SCC3COc4ccccc4O3)n2Cc2ccco2)c1. The van der Waals surface area contributed by atoms with Crippen LogP contribution in [-0.4, -0.2) is 40.3 Å². The minimum Gasteiger partial charge on any atom is -0.497 e. The molecule has 2 aromatic heterocycles. The summed E-state index contributed by atoms with van der Waals surface area (Å²) in [4.78, 5) is 0. The van der Waals surface area contributed by atoms with E-state index in [1.165, 1.54) is 0 Å². The van der Waals surface area contributed by atoms with E-state index in [1.807, 2.05) is 60.7 Å². The Hall–Kier alpha value is -3.39. The first-order valence-electron chi connectivity index (χ1n) is 9.91. The third-order valence-electron chi connectivity index (χ3n) is 4.90. The van der Waals surface area contributed by atoms with Crippen LogP contribution in [0.15, 0.2) is 76.5 Å². The van der Waals surface area contributed by atoms with Gasteiger partial charge in [0.1, 0.15) is 24.2 Å². The molecule has 158 valence electrons. The summed E-state index contributed by atoms with van der Waals surface area (Å²) in [6.45, 7) is 1.03. The predicted molar refractivity (Wildman–Crippen MR) is 117 cm³/mol. The first kappa shape index (κ1) is 19.6. The summed E-state index contributed by atoms with van der Waals surface area (Å²) < 4.78 is 24.9. The van der Waals surface area contributed by atoms with Gasteiger partial charge < -0.3 is 18.6 Å². The molecule has 0 saturated heterocycles. The van der Waals surface area contributed by atoms with Crippen LogP contribution in [-0.2, 0) is 6.54 Å². The van der Waals surface area contributed by atoms with Crippen LogP contribution in [0.2, 0.25) is 0 Å². The van der Waals surface area contributed by atoms with Gasteiger partial charge in [-0.2, -0.15) is 0 Å². The summed E-state index contributed by atoms with van der Waals surface area (Å²) in [5.41, 5.74) is 0.927. The molecule has 4 aromatic rings. The average molecular weight is 436 g/mol. The fourth-order valence-corrected chi connectivity index (χ4v) is 4.29. The topological polar surface area (TPSA) is 71.5 Å². The van der Waals surface area contributed by atoms with E-state index in [4.69, 9.17) is 18.6 Å². The van der Waals surface area contributed by atoms with E-state index < -0.39 is 0 Å². The average Bonchev–Trinajstić information content (AvgIpc) is 3.48. The number of para-hydroxylation sites is 2. The lowest BCUT2D eigenvalue weighted by molar-refractivity contribution is 0.107. The van der Waals surface area contributed by atoms with Gasteiger partial charge in [-0.15, -0.1) is 10.2 Å². The summed E-state index contributed by atoms with van der Waals surface area (Å²) in [6.07, 6.45) is 1.59. The summed E-state index contributed by atoms with van der Waals surface area (Å²) in [5, 5.41) is 9.71. The number of aromatic nitrogens is 3. The minimum absolute atomic E-state index is 0.0751. The van der Waals surface area contributed by atoms with Gasteiger partial charge in [0.2, 0.25) is 0 Å². The Morgan fingerprint density at radius 2 is 1.97 bits per heavy atom. The Morgan fingerprint density at radius 3 is 2.81 bits per heavy atom. The standard InChI is InChI=1S/C23H21N3O4S/c1-27-17-7-4-6-16(12-17)22-24-25-23(26(22)13-18-8-5-11-28-18)31-15-19-14-29-20-9-2-3-10-21(20)30-19/h2-12,19H,13-15H2,1H3. The number of benzene rings is 2. The quantitative estimate of drug-likeness (QED) is 0.395. The van der Waals surface area contributed by atoms with Crippen LogP contribution in [0.5, 0.6) is 17.2 Å². The lowest BCUT2D eigenvalue weighted by atomic mass is 10.2. The normalized spacial score (nSPS) is 15.1. The Labute approximate surface area is 184 Å². The Kier molecular flexibility index (Phi) is 5.54. The molecule has 2 aromatic carbocycles. The molecule has 0 aliphatic carbocycles. The summed E-state index contributed by atoms with van der Waals surface area (Å²) in [7, 11) is 1.65. The zero-order chi connectivity index (χ0) is 21.0. The van der Waals surface area contributed by atoms with Crippen molar-refractivity contribution in [3.05, 3.63) is 72.7 Å². The molecule has 7 nitrogen and oxygen atoms in total. The zero-order valence-corrected chi connectivity index (χ0v) is 17.7. The summed E-state index contributed by atoms with van der Waals surface area (Å²) in [5.74, 6) is 4.59. The van der Waals surface area contributed by atoms with Crippen LogP contribution in [0.25, 0.3) is 11.4 Å². The first-order chi connectivity index (χ1) is 15.3. The molecule has 0 saturated carbocycles. The van der Waals surface area contributed by atoms with Crippen molar-refractivity contribution in [1.82, 2.24) is 14.8 Å². The van der Waals surface area contributed by atoms with Crippen molar-refractivity contribution < 1.29 is 18.6 Å². The van der Waals surface area contributed by atoms with E-state index in [9.17, 15) is 0 Å². The lowest BCUT2D eigenvalue weighted by Gasteiger charge is -2.26. The van der Waals surface area contributed by atoms with Gasteiger partial charge in [0.25, 0.3) is 0 Å². The van der Waals surface area contributed by atoms with Crippen molar-refractivity contribution in [2.75, 3.05) is 19.5 Å². The highest BCUT2D eigenvalue weighted by Gasteiger charge is 2.23. The maximum atomic E-state index is 6.08. The molecule has 0 N–H and O–H groups in total. The number of nitrogens with zero attached hydrogens (tertiary/aromatic N) is 3. The van der Waals surface area contributed by atoms with Crippen LogP contribution in [0, 0.1) is 0 Å². The minimum atomic E-state index is -0.0751. The zero-order valence-electron chi connectivity index (χ0n) is 16.9. The van der Waals surface area contributed by atoms with Gasteiger partial charge in [-0.1, -0.05) is 36.0 Å². The monoisotopic (exact) mass is 435 g/mol. The second kappa shape index (κ2) is 8.77. The number of rotatable bonds is 7. The van der Waals surface area contributed by atoms with E-state index in [0.29, 0.717) is 18.9 Å². The first-order valence-corrected chi connectivity index (χ1v) is 10.9. The molecule has 3 heterocycles. The van der Waals surface area contributed by atoms with Gasteiger partial charge in [0.15, 0.2) is 22.5 Å². The van der Waals surface area contributed by atoms with E-state index in [2.05, 4.69) is 14.8 Å². The molecule has 0 fully saturated rings. The molecule has 0 spiro atoms. The van der Waals surface area contributed by atoms with Gasteiger partial charge in [-0.3, -0.25) is 4.57 Å². The van der Waals surface area contributed by atoms with Crippen LogP contribution < -0.4 is 14.2 Å². The summed E-state index contributed by atoms with van der Waals surface area (Å²) >= 11 is 1.59. The highest BCUT2D eigenvalue weighted by Crippen LogP contribution is 2.33. The molecule has 31 heavy (non-hydrogen) atoms. The largest absolute Gasteiger partial charge is 0.497 e. The van der Waals surface area contributed by atoms with Crippen molar-refractivity contribution in [1.29, 1.82) is 0 Å². The van der Waals surface area contributed by atoms with Crippen LogP contribution in [0.3, 0.4) is 0 Å². The smallest absolute Gasteiger partial charge is 0.192 e. The van der Waals surface area contributed by atoms with Gasteiger partial charge >= 0.3 is 0 Å². The number of hydrogen-bond donors (Lipinski definition) is 0. The molecule has 1 aliphatic heterocycles. The van der Waals surface area contributed by atoms with Crippen molar-refractivity contribution in [2.24, 2.45) is 0 Å². The number of furan rings is 1. The molecular weight excluding hydrogens is 414 g/mol. The van der Waals surface area contributed by atoms with Gasteiger partial charge in [0.05, 0.1) is 19.9 Å². The second-order valence-corrected chi connectivity index (χ2v) is 8.00. The number of fused-ring (bicyclic) bond motifs is 1. The van der Waals surface area contributed by atoms with Crippen LogP contribution in [0.4, 0.5) is 0 Å². The predicted octanol–water partition coefficient (Wildman–Crippen LogP) is 4.53. The maximum Gasteiger partial charge on any atom is 0.192 e. The molecule has 0 bridgehead atoms. The molecular formula is C23H21N3O4S. The molecule has 1 atom stereocenters. The van der Waals surface area contributed by atoms with Crippen LogP contribution >= 0.6 is 11.8 Å². The van der Waals surface area contributed by atoms with Gasteiger partial charge in [-0.25, -0.2) is 0 Å². The molecule has 5 rings (SSSR count). The van der Waals surface area contributed by atoms with Crippen LogP contribution in [0.1, 0.15) is 5.76 Å². The van der Waals surface area contributed by atoms with Crippen molar-refractivity contribution in [3.63, 3.8) is 0 Å². The Balaban J connectivity index is 1.38. The van der Waals surface area contributed by atoms with Gasteiger partial charge in [-0.05, 0) is 36.4 Å². The molecule has 0 amide bonds. The lowest BCUT2D eigenvalue weighted by Crippen LogP contribution is -2.31. The third-order valence-corrected chi connectivity index (χ3v) is 6.00. The van der Waals surface area contributed by atoms with Crippen molar-refractivity contribution >= 4 is 11.8 Å². The van der Waals surface area contributed by atoms with E-state index in [0.717, 1.165) is 39.6 Å². The number of hydrogen-bond acceptors (Lipinski definition) is 7. The van der Waals surface area contributed by atoms with Gasteiger partial charge in [0, 0.05) is 11.3 Å². The maximum absolute atomic E-state index is 6.08. The third kappa shape index (κ3) is 4.25. The Morgan fingerprint density at radius 1 is 1.06 bits per heavy atom. The molecule has 0 radical (unpaired) electrons. The highest BCUT2D eigenvalue weighted by atomic mass is 32.2. The van der Waals surface area contributed by atoms with E-state index in [-0.39, 0.29) is 6.10 Å². The number of thioether (sulfide) groups is 1. The molecule has 8 heteroatoms. The summed E-state index contributed by atoms with van der Waals surface area (Å²) in [6, 6.07) is 19.3. The molecule has 1 unspecified atom stereocenters. The Bertz CT molecular complexity index is 1160.